The number of carbonyl (C=O) groups excluding carboxylic acids is 1. The first-order valence-electron chi connectivity index (χ1n) is 8.67. The first-order valence-corrected chi connectivity index (χ1v) is 8.67. The van der Waals surface area contributed by atoms with Crippen LogP contribution in [0.15, 0.2) is 78.9 Å². The lowest BCUT2D eigenvalue weighted by Crippen LogP contribution is -2.21. The minimum Gasteiger partial charge on any atom is -0.462 e. The standard InChI is InChI=1S/C22H22N2O2/c1-2-26-22(25)18-14-12-17(13-15-18)21-11-7-6-8-19(21)16-23-24-20-9-4-3-5-10-20/h3-15,23-24H,2,16H2,1H3. The molecular formula is C22H22N2O2. The fourth-order valence-corrected chi connectivity index (χ4v) is 2.72. The lowest BCUT2D eigenvalue weighted by atomic mass is 9.99. The van der Waals surface area contributed by atoms with Crippen LogP contribution in [0.25, 0.3) is 11.1 Å². The number of hydrazine groups is 1. The Labute approximate surface area is 153 Å². The zero-order valence-corrected chi connectivity index (χ0v) is 14.7. The van der Waals surface area contributed by atoms with Crippen molar-refractivity contribution < 1.29 is 9.53 Å². The highest BCUT2D eigenvalue weighted by atomic mass is 16.5. The number of hydrogen-bond acceptors (Lipinski definition) is 4. The van der Waals surface area contributed by atoms with Crippen LogP contribution >= 0.6 is 0 Å². The average molecular weight is 346 g/mol. The molecule has 0 saturated carbocycles. The first kappa shape index (κ1) is 17.7. The summed E-state index contributed by atoms with van der Waals surface area (Å²) in [5.74, 6) is -0.291. The Kier molecular flexibility index (Phi) is 6.01. The molecule has 0 atom stereocenters. The van der Waals surface area contributed by atoms with Crippen LogP contribution in [0.2, 0.25) is 0 Å². The SMILES string of the molecule is CCOC(=O)c1ccc(-c2ccccc2CNNc2ccccc2)cc1. The molecule has 0 aliphatic rings. The molecule has 3 aromatic carbocycles. The fraction of sp³-hybridized carbons (Fsp3) is 0.136. The Morgan fingerprint density at radius 2 is 1.58 bits per heavy atom. The summed E-state index contributed by atoms with van der Waals surface area (Å²) in [6.45, 7) is 2.85. The van der Waals surface area contributed by atoms with Crippen LogP contribution in [0.1, 0.15) is 22.8 Å². The van der Waals surface area contributed by atoms with Gasteiger partial charge >= 0.3 is 5.97 Å². The maximum Gasteiger partial charge on any atom is 0.338 e. The molecule has 4 heteroatoms. The van der Waals surface area contributed by atoms with E-state index >= 15 is 0 Å². The summed E-state index contributed by atoms with van der Waals surface area (Å²) in [7, 11) is 0. The minimum absolute atomic E-state index is 0.291. The van der Waals surface area contributed by atoms with Gasteiger partial charge in [-0.25, -0.2) is 10.2 Å². The summed E-state index contributed by atoms with van der Waals surface area (Å²) in [4.78, 5) is 11.8. The van der Waals surface area contributed by atoms with Gasteiger partial charge in [-0.05, 0) is 47.9 Å². The summed E-state index contributed by atoms with van der Waals surface area (Å²) in [6, 6.07) is 25.7. The molecule has 0 aromatic heterocycles. The van der Waals surface area contributed by atoms with E-state index in [4.69, 9.17) is 4.74 Å². The summed E-state index contributed by atoms with van der Waals surface area (Å²) in [5.41, 5.74) is 11.4. The third-order valence-corrected chi connectivity index (χ3v) is 4.01. The molecule has 0 radical (unpaired) electrons. The van der Waals surface area contributed by atoms with Gasteiger partial charge in [-0.1, -0.05) is 54.6 Å². The van der Waals surface area contributed by atoms with Crippen LogP contribution in [-0.2, 0) is 11.3 Å². The summed E-state index contributed by atoms with van der Waals surface area (Å²) < 4.78 is 5.04. The minimum atomic E-state index is -0.291. The van der Waals surface area contributed by atoms with Crippen molar-refractivity contribution in [3.8, 4) is 11.1 Å². The summed E-state index contributed by atoms with van der Waals surface area (Å²) in [5, 5.41) is 0. The number of nitrogens with one attached hydrogen (secondary N) is 2. The number of hydrogen-bond donors (Lipinski definition) is 2. The third kappa shape index (κ3) is 4.49. The van der Waals surface area contributed by atoms with Crippen molar-refractivity contribution in [2.45, 2.75) is 13.5 Å². The zero-order chi connectivity index (χ0) is 18.2. The Morgan fingerprint density at radius 1 is 0.885 bits per heavy atom. The second-order valence-corrected chi connectivity index (χ2v) is 5.80. The number of ether oxygens (including phenoxy) is 1. The van der Waals surface area contributed by atoms with Gasteiger partial charge < -0.3 is 10.2 Å². The quantitative estimate of drug-likeness (QED) is 0.483. The maximum absolute atomic E-state index is 11.8. The number of rotatable bonds is 7. The highest BCUT2D eigenvalue weighted by Gasteiger charge is 2.08. The molecule has 2 N–H and O–H groups in total. The topological polar surface area (TPSA) is 50.4 Å². The lowest BCUT2D eigenvalue weighted by molar-refractivity contribution is 0.0526. The molecule has 132 valence electrons. The Morgan fingerprint density at radius 3 is 2.31 bits per heavy atom. The average Bonchev–Trinajstić information content (AvgIpc) is 2.69. The molecule has 0 aliphatic heterocycles. The van der Waals surface area contributed by atoms with Crippen LogP contribution in [0.4, 0.5) is 5.69 Å². The molecule has 0 saturated heterocycles. The molecule has 0 spiro atoms. The molecule has 3 aromatic rings. The van der Waals surface area contributed by atoms with Gasteiger partial charge in [0.25, 0.3) is 0 Å². The largest absolute Gasteiger partial charge is 0.462 e. The van der Waals surface area contributed by atoms with Crippen LogP contribution < -0.4 is 10.9 Å². The highest BCUT2D eigenvalue weighted by Crippen LogP contribution is 2.24. The van der Waals surface area contributed by atoms with E-state index in [2.05, 4.69) is 23.0 Å². The van der Waals surface area contributed by atoms with E-state index in [9.17, 15) is 4.79 Å². The molecular weight excluding hydrogens is 324 g/mol. The normalized spacial score (nSPS) is 10.3. The molecule has 0 amide bonds. The van der Waals surface area contributed by atoms with Gasteiger partial charge in [-0.15, -0.1) is 0 Å². The van der Waals surface area contributed by atoms with E-state index in [1.165, 1.54) is 5.56 Å². The van der Waals surface area contributed by atoms with E-state index in [1.54, 1.807) is 19.1 Å². The van der Waals surface area contributed by atoms with E-state index in [0.717, 1.165) is 16.8 Å². The number of para-hydroxylation sites is 1. The second kappa shape index (κ2) is 8.83. The molecule has 0 bridgehead atoms. The predicted molar refractivity (Wildman–Crippen MR) is 105 cm³/mol. The number of esters is 1. The lowest BCUT2D eigenvalue weighted by Gasteiger charge is -2.13. The van der Waals surface area contributed by atoms with Crippen LogP contribution in [0.3, 0.4) is 0 Å². The van der Waals surface area contributed by atoms with Crippen LogP contribution in [0.5, 0.6) is 0 Å². The smallest absolute Gasteiger partial charge is 0.338 e. The third-order valence-electron chi connectivity index (χ3n) is 4.01. The van der Waals surface area contributed by atoms with Gasteiger partial charge in [-0.3, -0.25) is 0 Å². The van der Waals surface area contributed by atoms with Crippen LogP contribution in [-0.4, -0.2) is 12.6 Å². The van der Waals surface area contributed by atoms with Crippen molar-refractivity contribution in [2.75, 3.05) is 12.0 Å². The zero-order valence-electron chi connectivity index (χ0n) is 14.7. The van der Waals surface area contributed by atoms with Gasteiger partial charge in [-0.2, -0.15) is 0 Å². The fourth-order valence-electron chi connectivity index (χ4n) is 2.72. The van der Waals surface area contributed by atoms with Crippen molar-refractivity contribution >= 4 is 11.7 Å². The van der Waals surface area contributed by atoms with Gasteiger partial charge in [0.1, 0.15) is 0 Å². The van der Waals surface area contributed by atoms with E-state index in [-0.39, 0.29) is 5.97 Å². The van der Waals surface area contributed by atoms with Gasteiger partial charge in [0.05, 0.1) is 12.2 Å². The predicted octanol–water partition coefficient (Wildman–Crippen LogP) is 4.65. The van der Waals surface area contributed by atoms with Crippen molar-refractivity contribution in [3.05, 3.63) is 90.0 Å². The Bertz CT molecular complexity index is 846. The molecule has 4 nitrogen and oxygen atoms in total. The van der Waals surface area contributed by atoms with Crippen molar-refractivity contribution in [2.24, 2.45) is 0 Å². The highest BCUT2D eigenvalue weighted by molar-refractivity contribution is 5.90. The molecule has 0 heterocycles. The maximum atomic E-state index is 11.8. The molecule has 3 rings (SSSR count). The van der Waals surface area contributed by atoms with Crippen molar-refractivity contribution in [1.29, 1.82) is 0 Å². The summed E-state index contributed by atoms with van der Waals surface area (Å²) >= 11 is 0. The van der Waals surface area contributed by atoms with Gasteiger partial charge in [0.2, 0.25) is 0 Å². The molecule has 26 heavy (non-hydrogen) atoms. The second-order valence-electron chi connectivity index (χ2n) is 5.80. The Balaban J connectivity index is 1.71. The monoisotopic (exact) mass is 346 g/mol. The first-order chi connectivity index (χ1) is 12.8. The van der Waals surface area contributed by atoms with Crippen molar-refractivity contribution in [1.82, 2.24) is 5.43 Å². The van der Waals surface area contributed by atoms with Gasteiger partial charge in [0, 0.05) is 12.2 Å². The van der Waals surface area contributed by atoms with Gasteiger partial charge in [0.15, 0.2) is 0 Å². The molecule has 0 fully saturated rings. The number of carbonyl (C=O) groups is 1. The van der Waals surface area contributed by atoms with E-state index in [0.29, 0.717) is 18.7 Å². The van der Waals surface area contributed by atoms with Crippen LogP contribution in [0, 0.1) is 0 Å². The number of anilines is 1. The molecule has 0 unspecified atom stereocenters. The van der Waals surface area contributed by atoms with E-state index < -0.39 is 0 Å². The summed E-state index contributed by atoms with van der Waals surface area (Å²) in [6.07, 6.45) is 0. The molecule has 0 aliphatic carbocycles. The Hall–Kier alpha value is -3.11. The van der Waals surface area contributed by atoms with E-state index in [1.807, 2.05) is 54.6 Å². The van der Waals surface area contributed by atoms with Crippen molar-refractivity contribution in [3.63, 3.8) is 0 Å². The number of benzene rings is 3.